The van der Waals surface area contributed by atoms with Crippen molar-refractivity contribution in [2.45, 2.75) is 19.9 Å². The zero-order valence-corrected chi connectivity index (χ0v) is 12.1. The number of hydrogen-bond acceptors (Lipinski definition) is 4. The van der Waals surface area contributed by atoms with Crippen LogP contribution < -0.4 is 11.1 Å². The maximum absolute atomic E-state index is 12.1. The lowest BCUT2D eigenvalue weighted by Crippen LogP contribution is -2.11. The first kappa shape index (κ1) is 14.9. The lowest BCUT2D eigenvalue weighted by molar-refractivity contribution is 0.0506. The number of rotatable bonds is 6. The molecule has 0 aliphatic rings. The van der Waals surface area contributed by atoms with Crippen LogP contribution in [0.1, 0.15) is 29.3 Å². The fourth-order valence-electron chi connectivity index (χ4n) is 1.95. The second-order valence-corrected chi connectivity index (χ2v) is 4.78. The molecule has 0 bridgehead atoms. The van der Waals surface area contributed by atoms with E-state index in [2.05, 4.69) is 5.32 Å². The van der Waals surface area contributed by atoms with Gasteiger partial charge in [0, 0.05) is 17.9 Å². The van der Waals surface area contributed by atoms with Gasteiger partial charge in [-0.2, -0.15) is 0 Å². The van der Waals surface area contributed by atoms with Gasteiger partial charge in [0.25, 0.3) is 0 Å². The first-order valence-electron chi connectivity index (χ1n) is 7.05. The van der Waals surface area contributed by atoms with Gasteiger partial charge in [0.15, 0.2) is 0 Å². The molecule has 21 heavy (non-hydrogen) atoms. The average Bonchev–Trinajstić information content (AvgIpc) is 2.52. The summed E-state index contributed by atoms with van der Waals surface area (Å²) in [4.78, 5) is 12.1. The van der Waals surface area contributed by atoms with Crippen molar-refractivity contribution >= 4 is 17.3 Å². The van der Waals surface area contributed by atoms with Gasteiger partial charge >= 0.3 is 5.97 Å². The summed E-state index contributed by atoms with van der Waals surface area (Å²) in [5, 5.41) is 3.26. The molecule has 2 aromatic carbocycles. The van der Waals surface area contributed by atoms with Gasteiger partial charge in [-0.05, 0) is 30.2 Å². The summed E-state index contributed by atoms with van der Waals surface area (Å²) in [6.45, 7) is 3.01. The molecular weight excluding hydrogens is 264 g/mol. The van der Waals surface area contributed by atoms with Crippen molar-refractivity contribution in [2.24, 2.45) is 0 Å². The SMILES string of the molecule is CCCOC(=O)c1cc(N)ccc1NCc1ccccc1. The van der Waals surface area contributed by atoms with E-state index in [4.69, 9.17) is 10.5 Å². The Morgan fingerprint density at radius 2 is 1.95 bits per heavy atom. The van der Waals surface area contributed by atoms with E-state index in [0.717, 1.165) is 17.7 Å². The number of carbonyl (C=O) groups is 1. The van der Waals surface area contributed by atoms with Crippen LogP contribution >= 0.6 is 0 Å². The van der Waals surface area contributed by atoms with Crippen molar-refractivity contribution in [1.29, 1.82) is 0 Å². The highest BCUT2D eigenvalue weighted by Gasteiger charge is 2.13. The van der Waals surface area contributed by atoms with Gasteiger partial charge in [0.1, 0.15) is 0 Å². The third-order valence-electron chi connectivity index (χ3n) is 3.03. The van der Waals surface area contributed by atoms with Crippen LogP contribution in [0.25, 0.3) is 0 Å². The molecular formula is C17H20N2O2. The van der Waals surface area contributed by atoms with E-state index in [-0.39, 0.29) is 5.97 Å². The van der Waals surface area contributed by atoms with E-state index in [1.54, 1.807) is 18.2 Å². The molecule has 3 N–H and O–H groups in total. The molecule has 0 saturated heterocycles. The quantitative estimate of drug-likeness (QED) is 0.630. The van der Waals surface area contributed by atoms with Gasteiger partial charge < -0.3 is 15.8 Å². The van der Waals surface area contributed by atoms with Crippen molar-refractivity contribution in [3.8, 4) is 0 Å². The molecule has 0 heterocycles. The molecule has 0 atom stereocenters. The van der Waals surface area contributed by atoms with Gasteiger partial charge in [-0.25, -0.2) is 4.79 Å². The van der Waals surface area contributed by atoms with Gasteiger partial charge in [0.2, 0.25) is 0 Å². The molecule has 0 aliphatic carbocycles. The number of nitrogen functional groups attached to an aromatic ring is 1. The minimum absolute atomic E-state index is 0.347. The number of nitrogens with one attached hydrogen (secondary N) is 1. The first-order chi connectivity index (χ1) is 10.2. The average molecular weight is 284 g/mol. The maximum Gasteiger partial charge on any atom is 0.340 e. The summed E-state index contributed by atoms with van der Waals surface area (Å²) in [6, 6.07) is 15.2. The largest absolute Gasteiger partial charge is 0.462 e. The zero-order chi connectivity index (χ0) is 15.1. The lowest BCUT2D eigenvalue weighted by Gasteiger charge is -2.12. The Bertz CT molecular complexity index is 597. The molecule has 0 saturated carbocycles. The Morgan fingerprint density at radius 1 is 1.19 bits per heavy atom. The number of hydrogen-bond donors (Lipinski definition) is 2. The Hall–Kier alpha value is -2.49. The van der Waals surface area contributed by atoms with Crippen LogP contribution in [0.15, 0.2) is 48.5 Å². The fraction of sp³-hybridized carbons (Fsp3) is 0.235. The van der Waals surface area contributed by atoms with Crippen molar-refractivity contribution in [2.75, 3.05) is 17.7 Å². The summed E-state index contributed by atoms with van der Waals surface area (Å²) in [5.74, 6) is -0.347. The number of ether oxygens (including phenoxy) is 1. The molecule has 2 rings (SSSR count). The summed E-state index contributed by atoms with van der Waals surface area (Å²) in [5.41, 5.74) is 8.65. The number of esters is 1. The van der Waals surface area contributed by atoms with Crippen LogP contribution in [0.2, 0.25) is 0 Å². The van der Waals surface area contributed by atoms with Crippen molar-refractivity contribution in [3.05, 3.63) is 59.7 Å². The van der Waals surface area contributed by atoms with Crippen LogP contribution in [0.4, 0.5) is 11.4 Å². The summed E-state index contributed by atoms with van der Waals surface area (Å²) < 4.78 is 5.19. The highest BCUT2D eigenvalue weighted by Crippen LogP contribution is 2.21. The van der Waals surface area contributed by atoms with Gasteiger partial charge in [-0.3, -0.25) is 0 Å². The minimum atomic E-state index is -0.347. The second-order valence-electron chi connectivity index (χ2n) is 4.78. The van der Waals surface area contributed by atoms with Crippen LogP contribution in [0.3, 0.4) is 0 Å². The fourth-order valence-corrected chi connectivity index (χ4v) is 1.95. The number of anilines is 2. The molecule has 4 nitrogen and oxygen atoms in total. The smallest absolute Gasteiger partial charge is 0.340 e. The third kappa shape index (κ3) is 4.24. The number of carbonyl (C=O) groups excluding carboxylic acids is 1. The Balaban J connectivity index is 2.13. The Morgan fingerprint density at radius 3 is 2.67 bits per heavy atom. The molecule has 0 aromatic heterocycles. The minimum Gasteiger partial charge on any atom is -0.462 e. The van der Waals surface area contributed by atoms with Crippen LogP contribution in [-0.2, 0) is 11.3 Å². The van der Waals surface area contributed by atoms with E-state index < -0.39 is 0 Å². The van der Waals surface area contributed by atoms with E-state index >= 15 is 0 Å². The van der Waals surface area contributed by atoms with Crippen LogP contribution in [-0.4, -0.2) is 12.6 Å². The summed E-state index contributed by atoms with van der Waals surface area (Å²) >= 11 is 0. The van der Waals surface area contributed by atoms with Gasteiger partial charge in [0.05, 0.1) is 12.2 Å². The Kier molecular flexibility index (Phi) is 5.21. The molecule has 0 fully saturated rings. The molecule has 0 amide bonds. The van der Waals surface area contributed by atoms with Crippen molar-refractivity contribution in [1.82, 2.24) is 0 Å². The lowest BCUT2D eigenvalue weighted by atomic mass is 10.1. The van der Waals surface area contributed by atoms with E-state index in [1.807, 2.05) is 37.3 Å². The highest BCUT2D eigenvalue weighted by molar-refractivity contribution is 5.96. The highest BCUT2D eigenvalue weighted by atomic mass is 16.5. The zero-order valence-electron chi connectivity index (χ0n) is 12.1. The summed E-state index contributed by atoms with van der Waals surface area (Å²) in [6.07, 6.45) is 0.792. The standard InChI is InChI=1S/C17H20N2O2/c1-2-10-21-17(20)15-11-14(18)8-9-16(15)19-12-13-6-4-3-5-7-13/h3-9,11,19H,2,10,12,18H2,1H3. The summed E-state index contributed by atoms with van der Waals surface area (Å²) in [7, 11) is 0. The topological polar surface area (TPSA) is 64.3 Å². The first-order valence-corrected chi connectivity index (χ1v) is 7.05. The molecule has 0 radical (unpaired) electrons. The molecule has 0 unspecified atom stereocenters. The number of benzene rings is 2. The molecule has 4 heteroatoms. The van der Waals surface area contributed by atoms with Crippen LogP contribution in [0.5, 0.6) is 0 Å². The van der Waals surface area contributed by atoms with Crippen LogP contribution in [0, 0.1) is 0 Å². The van der Waals surface area contributed by atoms with E-state index in [9.17, 15) is 4.79 Å². The molecule has 110 valence electrons. The van der Waals surface area contributed by atoms with Crippen molar-refractivity contribution < 1.29 is 9.53 Å². The molecule has 0 spiro atoms. The monoisotopic (exact) mass is 284 g/mol. The maximum atomic E-state index is 12.1. The van der Waals surface area contributed by atoms with E-state index in [1.165, 1.54) is 0 Å². The van der Waals surface area contributed by atoms with Gasteiger partial charge in [-0.1, -0.05) is 37.3 Å². The van der Waals surface area contributed by atoms with Crippen molar-refractivity contribution in [3.63, 3.8) is 0 Å². The predicted octanol–water partition coefficient (Wildman–Crippen LogP) is 3.45. The van der Waals surface area contributed by atoms with Gasteiger partial charge in [-0.15, -0.1) is 0 Å². The predicted molar refractivity (Wildman–Crippen MR) is 85.2 cm³/mol. The molecule has 0 aliphatic heterocycles. The van der Waals surface area contributed by atoms with E-state index in [0.29, 0.717) is 24.4 Å². The molecule has 2 aromatic rings. The Labute approximate surface area is 124 Å². The second kappa shape index (κ2) is 7.33. The third-order valence-corrected chi connectivity index (χ3v) is 3.03. The normalized spacial score (nSPS) is 10.1. The number of nitrogens with two attached hydrogens (primary N) is 1.